The molecule has 3 rings (SSSR count). The first-order chi connectivity index (χ1) is 9.91. The third-order valence-electron chi connectivity index (χ3n) is 4.34. The van der Waals surface area contributed by atoms with Gasteiger partial charge in [-0.15, -0.1) is 0 Å². The molecule has 1 aliphatic carbocycles. The van der Waals surface area contributed by atoms with E-state index in [-0.39, 0.29) is 11.0 Å². The van der Waals surface area contributed by atoms with E-state index in [1.807, 2.05) is 6.92 Å². The Morgan fingerprint density at radius 2 is 1.95 bits per heavy atom. The second-order valence-corrected chi connectivity index (χ2v) is 7.07. The minimum Gasteiger partial charge on any atom is -0.307 e. The normalized spacial score (nSPS) is 17.0. The van der Waals surface area contributed by atoms with Crippen molar-refractivity contribution >= 4 is 5.52 Å². The summed E-state index contributed by atoms with van der Waals surface area (Å²) in [5.74, 6) is 2.10. The molecular formula is C16H24N4O. The zero-order valence-electron chi connectivity index (χ0n) is 13.4. The van der Waals surface area contributed by atoms with E-state index in [2.05, 4.69) is 30.7 Å². The fourth-order valence-corrected chi connectivity index (χ4v) is 3.20. The molecule has 0 atom stereocenters. The summed E-state index contributed by atoms with van der Waals surface area (Å²) in [5, 5.41) is 4.75. The van der Waals surface area contributed by atoms with Crippen molar-refractivity contribution < 1.29 is 0 Å². The van der Waals surface area contributed by atoms with Gasteiger partial charge in [-0.2, -0.15) is 5.10 Å². The lowest BCUT2D eigenvalue weighted by Crippen LogP contribution is -2.22. The first-order valence-electron chi connectivity index (χ1n) is 7.94. The van der Waals surface area contributed by atoms with Gasteiger partial charge in [-0.1, -0.05) is 40.5 Å². The summed E-state index contributed by atoms with van der Waals surface area (Å²) in [6, 6.07) is 0. The van der Waals surface area contributed by atoms with E-state index in [1.165, 1.54) is 12.8 Å². The summed E-state index contributed by atoms with van der Waals surface area (Å²) in [7, 11) is 0. The van der Waals surface area contributed by atoms with Crippen LogP contribution in [0.1, 0.15) is 76.6 Å². The topological polar surface area (TPSA) is 63.1 Å². The molecule has 0 aromatic carbocycles. The summed E-state index contributed by atoms with van der Waals surface area (Å²) < 4.78 is 1.80. The van der Waals surface area contributed by atoms with Gasteiger partial charge in [-0.05, 0) is 19.3 Å². The molecule has 2 heterocycles. The largest absolute Gasteiger partial charge is 0.307 e. The van der Waals surface area contributed by atoms with Gasteiger partial charge in [-0.25, -0.2) is 9.50 Å². The molecule has 5 heteroatoms. The molecule has 0 aliphatic heterocycles. The Morgan fingerprint density at radius 3 is 2.52 bits per heavy atom. The van der Waals surface area contributed by atoms with Crippen LogP contribution in [-0.2, 0) is 11.8 Å². The van der Waals surface area contributed by atoms with Gasteiger partial charge in [0.05, 0.1) is 5.69 Å². The molecular weight excluding hydrogens is 264 g/mol. The Morgan fingerprint density at radius 1 is 1.29 bits per heavy atom. The molecule has 0 unspecified atom stereocenters. The van der Waals surface area contributed by atoms with Crippen molar-refractivity contribution in [1.82, 2.24) is 19.6 Å². The van der Waals surface area contributed by atoms with Gasteiger partial charge in [0, 0.05) is 11.3 Å². The van der Waals surface area contributed by atoms with Crippen molar-refractivity contribution in [3.8, 4) is 0 Å². The molecule has 0 saturated heterocycles. The summed E-state index contributed by atoms with van der Waals surface area (Å²) in [6.07, 6.45) is 5.43. The van der Waals surface area contributed by atoms with E-state index in [4.69, 9.17) is 5.10 Å². The molecule has 1 N–H and O–H groups in total. The molecule has 1 saturated carbocycles. The number of aryl methyl sites for hydroxylation is 1. The standard InChI is InChI=1S/C16H24N4O/c1-5-11-12-14(21)18-13(10-8-6-7-9-10)19-20(12)15(17-11)16(2,3)4/h10H,5-9H2,1-4H3,(H,18,19,21). The molecule has 2 aromatic rings. The molecule has 5 nitrogen and oxygen atoms in total. The maximum atomic E-state index is 12.5. The minimum atomic E-state index is -0.135. The number of nitrogens with zero attached hydrogens (tertiary/aromatic N) is 3. The highest BCUT2D eigenvalue weighted by atomic mass is 16.1. The Hall–Kier alpha value is -1.65. The van der Waals surface area contributed by atoms with Gasteiger partial charge in [0.15, 0.2) is 5.52 Å². The fourth-order valence-electron chi connectivity index (χ4n) is 3.20. The van der Waals surface area contributed by atoms with Crippen LogP contribution in [0, 0.1) is 0 Å². The molecule has 2 aromatic heterocycles. The van der Waals surface area contributed by atoms with Crippen LogP contribution in [0.2, 0.25) is 0 Å². The molecule has 1 fully saturated rings. The zero-order valence-corrected chi connectivity index (χ0v) is 13.4. The van der Waals surface area contributed by atoms with Crippen molar-refractivity contribution in [2.45, 2.75) is 71.1 Å². The summed E-state index contributed by atoms with van der Waals surface area (Å²) in [4.78, 5) is 20.2. The molecule has 0 amide bonds. The van der Waals surface area contributed by atoms with Crippen LogP contribution < -0.4 is 5.56 Å². The minimum absolute atomic E-state index is 0.0493. The number of imidazole rings is 1. The lowest BCUT2D eigenvalue weighted by Gasteiger charge is -2.16. The van der Waals surface area contributed by atoms with Gasteiger partial charge in [0.1, 0.15) is 11.6 Å². The predicted octanol–water partition coefficient (Wildman–Crippen LogP) is 2.94. The van der Waals surface area contributed by atoms with Crippen molar-refractivity contribution in [2.75, 3.05) is 0 Å². The number of hydrogen-bond acceptors (Lipinski definition) is 3. The molecule has 1 aliphatic rings. The second-order valence-electron chi connectivity index (χ2n) is 7.07. The van der Waals surface area contributed by atoms with Crippen LogP contribution in [-0.4, -0.2) is 19.6 Å². The summed E-state index contributed by atoms with van der Waals surface area (Å²) >= 11 is 0. The Kier molecular flexibility index (Phi) is 3.38. The average Bonchev–Trinajstić information content (AvgIpc) is 3.04. The van der Waals surface area contributed by atoms with Crippen LogP contribution in [0.25, 0.3) is 5.52 Å². The number of fused-ring (bicyclic) bond motifs is 1. The third-order valence-corrected chi connectivity index (χ3v) is 4.34. The van der Waals surface area contributed by atoms with Gasteiger partial charge < -0.3 is 4.98 Å². The van der Waals surface area contributed by atoms with Crippen LogP contribution in [0.3, 0.4) is 0 Å². The van der Waals surface area contributed by atoms with E-state index in [0.717, 1.165) is 36.6 Å². The molecule has 21 heavy (non-hydrogen) atoms. The fraction of sp³-hybridized carbons (Fsp3) is 0.688. The Balaban J connectivity index is 2.26. The van der Waals surface area contributed by atoms with Gasteiger partial charge in [0.25, 0.3) is 5.56 Å². The molecule has 0 spiro atoms. The number of rotatable bonds is 2. The first kappa shape index (κ1) is 14.3. The number of hydrogen-bond donors (Lipinski definition) is 1. The van der Waals surface area contributed by atoms with Crippen LogP contribution in [0.15, 0.2) is 4.79 Å². The number of aromatic amines is 1. The van der Waals surface area contributed by atoms with Crippen molar-refractivity contribution in [3.05, 3.63) is 27.7 Å². The SMILES string of the molecule is CCc1nc(C(C)(C)C)n2nc(C3CCCC3)[nH]c(=O)c12. The van der Waals surface area contributed by atoms with Gasteiger partial charge in [0.2, 0.25) is 0 Å². The highest BCUT2D eigenvalue weighted by molar-refractivity contribution is 5.51. The van der Waals surface area contributed by atoms with Crippen molar-refractivity contribution in [2.24, 2.45) is 0 Å². The van der Waals surface area contributed by atoms with Crippen LogP contribution in [0.4, 0.5) is 0 Å². The number of nitrogens with one attached hydrogen (secondary N) is 1. The predicted molar refractivity (Wildman–Crippen MR) is 82.9 cm³/mol. The van der Waals surface area contributed by atoms with Gasteiger partial charge >= 0.3 is 0 Å². The molecule has 114 valence electrons. The van der Waals surface area contributed by atoms with E-state index >= 15 is 0 Å². The highest BCUT2D eigenvalue weighted by Crippen LogP contribution is 2.32. The Labute approximate surface area is 124 Å². The average molecular weight is 288 g/mol. The quantitative estimate of drug-likeness (QED) is 0.924. The molecule has 0 radical (unpaired) electrons. The highest BCUT2D eigenvalue weighted by Gasteiger charge is 2.27. The lowest BCUT2D eigenvalue weighted by atomic mass is 9.96. The number of H-pyrrole nitrogens is 1. The second kappa shape index (κ2) is 4.97. The summed E-state index contributed by atoms with van der Waals surface area (Å²) in [6.45, 7) is 8.36. The van der Waals surface area contributed by atoms with E-state index in [1.54, 1.807) is 4.52 Å². The third kappa shape index (κ3) is 2.39. The monoisotopic (exact) mass is 288 g/mol. The summed E-state index contributed by atoms with van der Waals surface area (Å²) in [5.41, 5.74) is 1.27. The van der Waals surface area contributed by atoms with Crippen molar-refractivity contribution in [1.29, 1.82) is 0 Å². The van der Waals surface area contributed by atoms with Crippen LogP contribution in [0.5, 0.6) is 0 Å². The smallest absolute Gasteiger partial charge is 0.277 e. The molecule has 0 bridgehead atoms. The van der Waals surface area contributed by atoms with Crippen molar-refractivity contribution in [3.63, 3.8) is 0 Å². The number of aromatic nitrogens is 4. The maximum absolute atomic E-state index is 12.5. The Bertz CT molecular complexity index is 714. The van der Waals surface area contributed by atoms with E-state index < -0.39 is 0 Å². The zero-order chi connectivity index (χ0) is 15.2. The van der Waals surface area contributed by atoms with Crippen LogP contribution >= 0.6 is 0 Å². The lowest BCUT2D eigenvalue weighted by molar-refractivity contribution is 0.519. The van der Waals surface area contributed by atoms with E-state index in [0.29, 0.717) is 11.4 Å². The van der Waals surface area contributed by atoms with Gasteiger partial charge in [-0.3, -0.25) is 4.79 Å². The van der Waals surface area contributed by atoms with E-state index in [9.17, 15) is 4.79 Å². The first-order valence-corrected chi connectivity index (χ1v) is 7.94. The maximum Gasteiger partial charge on any atom is 0.277 e.